The molecule has 0 radical (unpaired) electrons. The Balaban J connectivity index is 3.54. The molecule has 0 amide bonds. The van der Waals surface area contributed by atoms with Gasteiger partial charge >= 0.3 is 5.97 Å². The lowest BCUT2D eigenvalue weighted by atomic mass is 10.0. The molecular weight excluding hydrogens is 200 g/mol. The highest BCUT2D eigenvalue weighted by Crippen LogP contribution is 2.11. The van der Waals surface area contributed by atoms with E-state index in [0.717, 1.165) is 19.3 Å². The van der Waals surface area contributed by atoms with Crippen LogP contribution in [0.25, 0.3) is 0 Å². The van der Waals surface area contributed by atoms with Crippen molar-refractivity contribution in [3.05, 3.63) is 23.8 Å². The molecule has 0 bridgehead atoms. The van der Waals surface area contributed by atoms with E-state index in [1.807, 2.05) is 6.92 Å². The zero-order chi connectivity index (χ0) is 12.4. The summed E-state index contributed by atoms with van der Waals surface area (Å²) in [4.78, 5) is 11.0. The number of carbonyl (C=O) groups is 1. The number of carbonyl (C=O) groups excluding carboxylic acids is 1. The van der Waals surface area contributed by atoms with Gasteiger partial charge in [0.1, 0.15) is 0 Å². The number of hydrogen-bond acceptors (Lipinski definition) is 2. The van der Waals surface area contributed by atoms with Gasteiger partial charge in [-0.05, 0) is 46.0 Å². The lowest BCUT2D eigenvalue weighted by Crippen LogP contribution is -2.06. The van der Waals surface area contributed by atoms with Gasteiger partial charge in [0.25, 0.3) is 0 Å². The first-order valence-electron chi connectivity index (χ1n) is 5.99. The third kappa shape index (κ3) is 9.50. The molecule has 0 aromatic heterocycles. The molecule has 2 heteroatoms. The van der Waals surface area contributed by atoms with Crippen molar-refractivity contribution in [2.45, 2.75) is 47.0 Å². The summed E-state index contributed by atoms with van der Waals surface area (Å²) in [6, 6.07) is 0. The van der Waals surface area contributed by atoms with Gasteiger partial charge in [-0.1, -0.05) is 24.6 Å². The minimum absolute atomic E-state index is 0.237. The minimum atomic E-state index is -0.237. The Morgan fingerprint density at radius 2 is 2.00 bits per heavy atom. The minimum Gasteiger partial charge on any atom is -0.463 e. The Labute approximate surface area is 99.4 Å². The van der Waals surface area contributed by atoms with E-state index < -0.39 is 0 Å². The lowest BCUT2D eigenvalue weighted by Gasteiger charge is -2.09. The van der Waals surface area contributed by atoms with Crippen LogP contribution in [-0.4, -0.2) is 12.6 Å². The summed E-state index contributed by atoms with van der Waals surface area (Å²) >= 11 is 0. The van der Waals surface area contributed by atoms with Gasteiger partial charge in [-0.2, -0.15) is 0 Å². The second kappa shape index (κ2) is 9.20. The van der Waals surface area contributed by atoms with Crippen LogP contribution >= 0.6 is 0 Å². The van der Waals surface area contributed by atoms with Gasteiger partial charge in [-0.3, -0.25) is 0 Å². The average Bonchev–Trinajstić information content (AvgIpc) is 2.17. The van der Waals surface area contributed by atoms with E-state index in [4.69, 9.17) is 4.74 Å². The maximum absolute atomic E-state index is 11.0. The normalized spacial score (nSPS) is 12.5. The highest BCUT2D eigenvalue weighted by molar-refractivity contribution is 5.81. The van der Waals surface area contributed by atoms with Crippen LogP contribution in [0.2, 0.25) is 0 Å². The van der Waals surface area contributed by atoms with Crippen molar-refractivity contribution in [2.75, 3.05) is 6.61 Å². The standard InChI is InChI=1S/C14H24O2/c1-5-7-14(15)16-11-10-13(4)9-6-8-12(2)3/h5,7-8,13H,6,9-11H2,1-4H3/b7-5-. The van der Waals surface area contributed by atoms with Crippen molar-refractivity contribution in [1.82, 2.24) is 0 Å². The fourth-order valence-corrected chi connectivity index (χ4v) is 1.35. The SMILES string of the molecule is C/C=C\C(=O)OCCC(C)CCC=C(C)C. The maximum atomic E-state index is 11.0. The average molecular weight is 224 g/mol. The van der Waals surface area contributed by atoms with Crippen LogP contribution in [0.15, 0.2) is 23.8 Å². The number of rotatable bonds is 7. The van der Waals surface area contributed by atoms with Gasteiger partial charge in [-0.15, -0.1) is 0 Å². The summed E-state index contributed by atoms with van der Waals surface area (Å²) in [6.07, 6.45) is 8.62. The van der Waals surface area contributed by atoms with Gasteiger partial charge in [0, 0.05) is 6.08 Å². The largest absolute Gasteiger partial charge is 0.463 e. The molecule has 0 spiro atoms. The molecule has 0 heterocycles. The van der Waals surface area contributed by atoms with E-state index in [-0.39, 0.29) is 5.97 Å². The molecule has 92 valence electrons. The van der Waals surface area contributed by atoms with E-state index in [1.165, 1.54) is 11.6 Å². The van der Waals surface area contributed by atoms with Gasteiger partial charge < -0.3 is 4.74 Å². The fraction of sp³-hybridized carbons (Fsp3) is 0.643. The Morgan fingerprint density at radius 3 is 2.56 bits per heavy atom. The molecule has 0 fully saturated rings. The molecular formula is C14H24O2. The molecule has 0 aliphatic carbocycles. The smallest absolute Gasteiger partial charge is 0.330 e. The monoisotopic (exact) mass is 224 g/mol. The topological polar surface area (TPSA) is 26.3 Å². The summed E-state index contributed by atoms with van der Waals surface area (Å²) in [5, 5.41) is 0. The molecule has 0 N–H and O–H groups in total. The molecule has 0 aromatic rings. The second-order valence-electron chi connectivity index (χ2n) is 4.42. The van der Waals surface area contributed by atoms with E-state index in [1.54, 1.807) is 6.08 Å². The molecule has 1 unspecified atom stereocenters. The van der Waals surface area contributed by atoms with Gasteiger partial charge in [0.2, 0.25) is 0 Å². The van der Waals surface area contributed by atoms with Crippen molar-refractivity contribution in [3.63, 3.8) is 0 Å². The molecule has 0 aromatic carbocycles. The van der Waals surface area contributed by atoms with Crippen molar-refractivity contribution in [2.24, 2.45) is 5.92 Å². The van der Waals surface area contributed by atoms with Crippen LogP contribution in [-0.2, 0) is 9.53 Å². The van der Waals surface area contributed by atoms with Crippen LogP contribution in [0, 0.1) is 5.92 Å². The van der Waals surface area contributed by atoms with E-state index in [0.29, 0.717) is 12.5 Å². The first-order valence-corrected chi connectivity index (χ1v) is 5.99. The number of hydrogen-bond donors (Lipinski definition) is 0. The molecule has 0 aliphatic rings. The molecule has 0 saturated heterocycles. The van der Waals surface area contributed by atoms with Crippen LogP contribution < -0.4 is 0 Å². The van der Waals surface area contributed by atoms with Crippen molar-refractivity contribution in [3.8, 4) is 0 Å². The number of allylic oxidation sites excluding steroid dienone is 3. The van der Waals surface area contributed by atoms with Crippen molar-refractivity contribution in [1.29, 1.82) is 0 Å². The van der Waals surface area contributed by atoms with E-state index in [2.05, 4.69) is 26.8 Å². The summed E-state index contributed by atoms with van der Waals surface area (Å²) in [6.45, 7) is 8.76. The summed E-state index contributed by atoms with van der Waals surface area (Å²) in [5.74, 6) is 0.369. The molecule has 0 saturated carbocycles. The molecule has 0 aliphatic heterocycles. The van der Waals surface area contributed by atoms with Gasteiger partial charge in [-0.25, -0.2) is 4.79 Å². The number of ether oxygens (including phenoxy) is 1. The third-order valence-electron chi connectivity index (χ3n) is 2.37. The number of esters is 1. The zero-order valence-corrected chi connectivity index (χ0v) is 11.0. The zero-order valence-electron chi connectivity index (χ0n) is 11.0. The first-order chi connectivity index (χ1) is 7.56. The predicted octanol–water partition coefficient (Wildman–Crippen LogP) is 3.88. The van der Waals surface area contributed by atoms with Crippen molar-refractivity contribution < 1.29 is 9.53 Å². The molecule has 0 rings (SSSR count). The molecule has 1 atom stereocenters. The van der Waals surface area contributed by atoms with E-state index >= 15 is 0 Å². The third-order valence-corrected chi connectivity index (χ3v) is 2.37. The summed E-state index contributed by atoms with van der Waals surface area (Å²) in [5.41, 5.74) is 1.37. The van der Waals surface area contributed by atoms with Crippen LogP contribution in [0.1, 0.15) is 47.0 Å². The Morgan fingerprint density at radius 1 is 1.31 bits per heavy atom. The second-order valence-corrected chi connectivity index (χ2v) is 4.42. The van der Waals surface area contributed by atoms with Crippen molar-refractivity contribution >= 4 is 5.97 Å². The Bertz CT molecular complexity index is 247. The predicted molar refractivity (Wildman–Crippen MR) is 68.2 cm³/mol. The highest BCUT2D eigenvalue weighted by Gasteiger charge is 2.02. The quantitative estimate of drug-likeness (QED) is 0.373. The highest BCUT2D eigenvalue weighted by atomic mass is 16.5. The van der Waals surface area contributed by atoms with Crippen LogP contribution in [0.5, 0.6) is 0 Å². The van der Waals surface area contributed by atoms with Gasteiger partial charge in [0.05, 0.1) is 6.61 Å². The van der Waals surface area contributed by atoms with Crippen LogP contribution in [0.3, 0.4) is 0 Å². The van der Waals surface area contributed by atoms with Crippen LogP contribution in [0.4, 0.5) is 0 Å². The summed E-state index contributed by atoms with van der Waals surface area (Å²) in [7, 11) is 0. The molecule has 2 nitrogen and oxygen atoms in total. The Kier molecular flexibility index (Phi) is 8.59. The van der Waals surface area contributed by atoms with E-state index in [9.17, 15) is 4.79 Å². The lowest BCUT2D eigenvalue weighted by molar-refractivity contribution is -0.138. The maximum Gasteiger partial charge on any atom is 0.330 e. The fourth-order valence-electron chi connectivity index (χ4n) is 1.35. The Hall–Kier alpha value is -1.05. The van der Waals surface area contributed by atoms with Gasteiger partial charge in [0.15, 0.2) is 0 Å². The first kappa shape index (κ1) is 14.9. The molecule has 16 heavy (non-hydrogen) atoms. The summed E-state index contributed by atoms with van der Waals surface area (Å²) < 4.78 is 5.04.